The van der Waals surface area contributed by atoms with Crippen LogP contribution in [0.2, 0.25) is 0 Å². The molecule has 4 rings (SSSR count). The molecule has 3 heterocycles. The number of aromatic nitrogens is 3. The number of piperazine rings is 1. The Morgan fingerprint density at radius 2 is 1.69 bits per heavy atom. The van der Waals surface area contributed by atoms with E-state index in [4.69, 9.17) is 0 Å². The zero-order valence-corrected chi connectivity index (χ0v) is 15.4. The largest absolute Gasteiger partial charge is 0.419 e. The van der Waals surface area contributed by atoms with Gasteiger partial charge >= 0.3 is 6.18 Å². The van der Waals surface area contributed by atoms with Gasteiger partial charge in [0, 0.05) is 32.4 Å². The van der Waals surface area contributed by atoms with Crippen molar-refractivity contribution in [3.05, 3.63) is 41.8 Å². The molecule has 29 heavy (non-hydrogen) atoms. The third-order valence-electron chi connectivity index (χ3n) is 4.58. The lowest BCUT2D eigenvalue weighted by atomic mass is 10.2. The first-order chi connectivity index (χ1) is 13.7. The monoisotopic (exact) mass is 431 g/mol. The predicted molar refractivity (Wildman–Crippen MR) is 92.0 cm³/mol. The molecule has 0 spiro atoms. The molecule has 1 aliphatic heterocycles. The molecular formula is C16H13F4N5O3S. The van der Waals surface area contributed by atoms with Crippen molar-refractivity contribution in [2.75, 3.05) is 31.1 Å². The van der Waals surface area contributed by atoms with Crippen LogP contribution in [0.25, 0.3) is 11.0 Å². The predicted octanol–water partition coefficient (Wildman–Crippen LogP) is 2.29. The summed E-state index contributed by atoms with van der Waals surface area (Å²) < 4.78 is 84.8. The SMILES string of the molecule is O=S(=O)(c1ccc(F)c2nonc12)N1CCN(c2ncccc2C(F)(F)F)CC1. The molecular weight excluding hydrogens is 418 g/mol. The molecule has 1 aromatic carbocycles. The van der Waals surface area contributed by atoms with Gasteiger partial charge in [-0.15, -0.1) is 0 Å². The molecule has 0 unspecified atom stereocenters. The van der Waals surface area contributed by atoms with E-state index in [-0.39, 0.29) is 47.9 Å². The standard InChI is InChI=1S/C16H13F4N5O3S/c17-11-3-4-12(14-13(11)22-28-23-14)29(26,27)25-8-6-24(7-9-25)15-10(16(18,19)20)2-1-5-21-15/h1-5H,6-9H2. The van der Waals surface area contributed by atoms with Gasteiger partial charge in [0.25, 0.3) is 0 Å². The van der Waals surface area contributed by atoms with Crippen LogP contribution in [0, 0.1) is 5.82 Å². The number of alkyl halides is 3. The summed E-state index contributed by atoms with van der Waals surface area (Å²) in [6.45, 7) is -0.165. The van der Waals surface area contributed by atoms with E-state index in [0.717, 1.165) is 22.5 Å². The lowest BCUT2D eigenvalue weighted by Gasteiger charge is -2.35. The van der Waals surface area contributed by atoms with Crippen LogP contribution in [-0.2, 0) is 16.2 Å². The minimum atomic E-state index is -4.58. The minimum absolute atomic E-state index is 0.000721. The maximum absolute atomic E-state index is 13.7. The average molecular weight is 431 g/mol. The molecule has 2 aromatic heterocycles. The van der Waals surface area contributed by atoms with Gasteiger partial charge in [-0.3, -0.25) is 0 Å². The van der Waals surface area contributed by atoms with Gasteiger partial charge in [-0.2, -0.15) is 17.5 Å². The zero-order chi connectivity index (χ0) is 20.8. The number of hydrogen-bond donors (Lipinski definition) is 0. The Balaban J connectivity index is 1.59. The van der Waals surface area contributed by atoms with Crippen molar-refractivity contribution >= 4 is 26.9 Å². The maximum Gasteiger partial charge on any atom is 0.419 e. The first-order valence-corrected chi connectivity index (χ1v) is 9.81. The molecule has 0 amide bonds. The van der Waals surface area contributed by atoms with Crippen molar-refractivity contribution in [1.29, 1.82) is 0 Å². The second-order valence-corrected chi connectivity index (χ2v) is 8.18. The fourth-order valence-electron chi connectivity index (χ4n) is 3.17. The van der Waals surface area contributed by atoms with E-state index in [0.29, 0.717) is 0 Å². The van der Waals surface area contributed by atoms with E-state index in [2.05, 4.69) is 19.9 Å². The van der Waals surface area contributed by atoms with Crippen molar-refractivity contribution in [2.45, 2.75) is 11.1 Å². The highest BCUT2D eigenvalue weighted by atomic mass is 32.2. The fourth-order valence-corrected chi connectivity index (χ4v) is 4.71. The molecule has 1 fully saturated rings. The second kappa shape index (κ2) is 6.91. The number of pyridine rings is 1. The highest BCUT2D eigenvalue weighted by molar-refractivity contribution is 7.89. The van der Waals surface area contributed by atoms with Crippen LogP contribution in [0.1, 0.15) is 5.56 Å². The smallest absolute Gasteiger partial charge is 0.353 e. The number of nitrogens with zero attached hydrogens (tertiary/aromatic N) is 5. The molecule has 1 aliphatic rings. The zero-order valence-electron chi connectivity index (χ0n) is 14.6. The van der Waals surface area contributed by atoms with Crippen LogP contribution in [0.3, 0.4) is 0 Å². The molecule has 0 N–H and O–H groups in total. The Labute approximate surface area is 161 Å². The molecule has 0 bridgehead atoms. The molecule has 154 valence electrons. The lowest BCUT2D eigenvalue weighted by molar-refractivity contribution is -0.137. The molecule has 3 aromatic rings. The van der Waals surface area contributed by atoms with E-state index in [1.807, 2.05) is 0 Å². The van der Waals surface area contributed by atoms with Crippen molar-refractivity contribution in [3.63, 3.8) is 0 Å². The van der Waals surface area contributed by atoms with Gasteiger partial charge in [-0.1, -0.05) is 0 Å². The first-order valence-electron chi connectivity index (χ1n) is 8.37. The molecule has 0 aliphatic carbocycles. The van der Waals surface area contributed by atoms with Crippen molar-refractivity contribution in [2.24, 2.45) is 0 Å². The van der Waals surface area contributed by atoms with Crippen LogP contribution in [0.5, 0.6) is 0 Å². The molecule has 13 heteroatoms. The van der Waals surface area contributed by atoms with Gasteiger partial charge in [-0.05, 0) is 34.6 Å². The summed E-state index contributed by atoms with van der Waals surface area (Å²) in [6.07, 6.45) is -3.33. The van der Waals surface area contributed by atoms with E-state index >= 15 is 0 Å². The number of sulfonamides is 1. The third-order valence-corrected chi connectivity index (χ3v) is 6.51. The van der Waals surface area contributed by atoms with Crippen molar-refractivity contribution < 1.29 is 30.6 Å². The van der Waals surface area contributed by atoms with Gasteiger partial charge in [0.05, 0.1) is 5.56 Å². The number of fused-ring (bicyclic) bond motifs is 1. The summed E-state index contributed by atoms with van der Waals surface area (Å²) in [5, 5.41) is 6.82. The molecule has 1 saturated heterocycles. The molecule has 0 saturated carbocycles. The van der Waals surface area contributed by atoms with Crippen LogP contribution < -0.4 is 4.90 Å². The van der Waals surface area contributed by atoms with Crippen molar-refractivity contribution in [1.82, 2.24) is 19.6 Å². The lowest BCUT2D eigenvalue weighted by Crippen LogP contribution is -2.49. The molecule has 8 nitrogen and oxygen atoms in total. The highest BCUT2D eigenvalue weighted by Crippen LogP contribution is 2.35. The summed E-state index contributed by atoms with van der Waals surface area (Å²) in [4.78, 5) is 4.93. The molecule has 0 atom stereocenters. The average Bonchev–Trinajstić information content (AvgIpc) is 3.18. The summed E-state index contributed by atoms with van der Waals surface area (Å²) >= 11 is 0. The van der Waals surface area contributed by atoms with Crippen LogP contribution >= 0.6 is 0 Å². The Bertz CT molecular complexity index is 1160. The van der Waals surface area contributed by atoms with Gasteiger partial charge in [0.1, 0.15) is 10.7 Å². The third kappa shape index (κ3) is 3.40. The number of hydrogen-bond acceptors (Lipinski definition) is 7. The quantitative estimate of drug-likeness (QED) is 0.588. The van der Waals surface area contributed by atoms with Gasteiger partial charge in [0.2, 0.25) is 10.0 Å². The number of rotatable bonds is 3. The number of anilines is 1. The highest BCUT2D eigenvalue weighted by Gasteiger charge is 2.38. The van der Waals surface area contributed by atoms with Crippen LogP contribution in [0.15, 0.2) is 40.0 Å². The van der Waals surface area contributed by atoms with Gasteiger partial charge < -0.3 is 4.90 Å². The second-order valence-electron chi connectivity index (χ2n) is 6.27. The van der Waals surface area contributed by atoms with E-state index in [1.54, 1.807) is 0 Å². The summed E-state index contributed by atoms with van der Waals surface area (Å²) in [7, 11) is -4.08. The Hall–Kier alpha value is -2.80. The van der Waals surface area contributed by atoms with Crippen LogP contribution in [0.4, 0.5) is 23.4 Å². The first kappa shape index (κ1) is 19.5. The van der Waals surface area contributed by atoms with Crippen molar-refractivity contribution in [3.8, 4) is 0 Å². The summed E-state index contributed by atoms with van der Waals surface area (Å²) in [5.74, 6) is -1.03. The summed E-state index contributed by atoms with van der Waals surface area (Å²) in [5.41, 5.74) is -1.44. The Morgan fingerprint density at radius 3 is 2.38 bits per heavy atom. The number of halogens is 4. The Kier molecular flexibility index (Phi) is 4.65. The topological polar surface area (TPSA) is 92.4 Å². The van der Waals surface area contributed by atoms with E-state index < -0.39 is 27.6 Å². The minimum Gasteiger partial charge on any atom is -0.353 e. The summed E-state index contributed by atoms with van der Waals surface area (Å²) in [6, 6.07) is 4.13. The van der Waals surface area contributed by atoms with E-state index in [1.165, 1.54) is 17.2 Å². The number of benzene rings is 1. The Morgan fingerprint density at radius 1 is 1.00 bits per heavy atom. The van der Waals surface area contributed by atoms with Crippen LogP contribution in [-0.4, -0.2) is 54.2 Å². The maximum atomic E-state index is 13.7. The van der Waals surface area contributed by atoms with Gasteiger partial charge in [-0.25, -0.2) is 22.4 Å². The fraction of sp³-hybridized carbons (Fsp3) is 0.312. The normalized spacial score (nSPS) is 16.5. The van der Waals surface area contributed by atoms with E-state index in [9.17, 15) is 26.0 Å². The molecule has 0 radical (unpaired) electrons. The van der Waals surface area contributed by atoms with Gasteiger partial charge in [0.15, 0.2) is 16.9 Å².